The van der Waals surface area contributed by atoms with Crippen LogP contribution in [0.4, 0.5) is 0 Å². The molecule has 1 N–H and O–H groups in total. The molecule has 6 heteroatoms. The highest BCUT2D eigenvalue weighted by Crippen LogP contribution is 2.23. The molecule has 0 aliphatic carbocycles. The van der Waals surface area contributed by atoms with E-state index < -0.39 is 0 Å². The topological polar surface area (TPSA) is 76.5 Å². The Morgan fingerprint density at radius 2 is 1.96 bits per heavy atom. The van der Waals surface area contributed by atoms with Crippen molar-refractivity contribution in [2.75, 3.05) is 0 Å². The minimum absolute atomic E-state index is 0.136. The van der Waals surface area contributed by atoms with Crippen molar-refractivity contribution in [1.82, 2.24) is 24.7 Å². The van der Waals surface area contributed by atoms with Gasteiger partial charge in [0.25, 0.3) is 5.56 Å². The number of aromatic amines is 1. The Morgan fingerprint density at radius 3 is 2.57 bits per heavy atom. The summed E-state index contributed by atoms with van der Waals surface area (Å²) in [7, 11) is 0. The van der Waals surface area contributed by atoms with Crippen molar-refractivity contribution in [3.63, 3.8) is 0 Å². The Morgan fingerprint density at radius 1 is 1.17 bits per heavy atom. The van der Waals surface area contributed by atoms with Gasteiger partial charge in [-0.3, -0.25) is 19.6 Å². The first-order valence-electron chi connectivity index (χ1n) is 7.86. The van der Waals surface area contributed by atoms with Crippen LogP contribution in [-0.2, 0) is 6.54 Å². The molecule has 3 aromatic heterocycles. The molecule has 0 amide bonds. The molecule has 0 radical (unpaired) electrons. The molecule has 0 atom stereocenters. The number of rotatable bonds is 4. The molecular formula is C17H21N5O. The standard InChI is InChI=1S/C17H21N5O/c1-10(2)14-13-16(20-15(19-14)11(3)4)22(21-17(13)23)9-12-6-5-7-18-8-12/h5-8,10-11H,9H2,1-4H3,(H,21,23). The average Bonchev–Trinajstić information content (AvgIpc) is 2.83. The van der Waals surface area contributed by atoms with Crippen molar-refractivity contribution in [3.05, 3.63) is 52.0 Å². The monoisotopic (exact) mass is 311 g/mol. The molecule has 0 saturated heterocycles. The van der Waals surface area contributed by atoms with Gasteiger partial charge >= 0.3 is 0 Å². The van der Waals surface area contributed by atoms with Gasteiger partial charge in [-0.15, -0.1) is 0 Å². The summed E-state index contributed by atoms with van der Waals surface area (Å²) >= 11 is 0. The Bertz CT molecular complexity index is 877. The van der Waals surface area contributed by atoms with E-state index in [1.807, 2.05) is 26.0 Å². The molecule has 0 saturated carbocycles. The lowest BCUT2D eigenvalue weighted by Gasteiger charge is -2.11. The molecule has 23 heavy (non-hydrogen) atoms. The fraction of sp³-hybridized carbons (Fsp3) is 0.412. The SMILES string of the molecule is CC(C)c1nc(C(C)C)c2c(=O)[nH]n(Cc3cccnc3)c2n1. The van der Waals surface area contributed by atoms with E-state index >= 15 is 0 Å². The first-order valence-corrected chi connectivity index (χ1v) is 7.86. The molecule has 3 rings (SSSR count). The Balaban J connectivity index is 2.22. The second-order valence-corrected chi connectivity index (χ2v) is 6.36. The molecule has 0 aromatic carbocycles. The fourth-order valence-corrected chi connectivity index (χ4v) is 2.59. The second kappa shape index (κ2) is 5.95. The van der Waals surface area contributed by atoms with Crippen molar-refractivity contribution in [3.8, 4) is 0 Å². The number of hydrogen-bond acceptors (Lipinski definition) is 4. The Hall–Kier alpha value is -2.50. The van der Waals surface area contributed by atoms with E-state index in [0.717, 1.165) is 17.1 Å². The molecule has 120 valence electrons. The van der Waals surface area contributed by atoms with E-state index in [-0.39, 0.29) is 17.4 Å². The van der Waals surface area contributed by atoms with Gasteiger partial charge in [0.2, 0.25) is 0 Å². The zero-order chi connectivity index (χ0) is 16.6. The summed E-state index contributed by atoms with van der Waals surface area (Å²) in [6.07, 6.45) is 3.52. The fourth-order valence-electron chi connectivity index (χ4n) is 2.59. The normalized spacial score (nSPS) is 11.7. The van der Waals surface area contributed by atoms with Gasteiger partial charge in [-0.1, -0.05) is 33.8 Å². The zero-order valence-corrected chi connectivity index (χ0v) is 13.9. The first kappa shape index (κ1) is 15.4. The van der Waals surface area contributed by atoms with E-state index in [9.17, 15) is 4.79 Å². The molecule has 0 aliphatic rings. The van der Waals surface area contributed by atoms with Crippen LogP contribution >= 0.6 is 0 Å². The maximum absolute atomic E-state index is 12.4. The largest absolute Gasteiger partial charge is 0.275 e. The third kappa shape index (κ3) is 2.88. The summed E-state index contributed by atoms with van der Waals surface area (Å²) in [4.78, 5) is 25.8. The van der Waals surface area contributed by atoms with Gasteiger partial charge in [-0.05, 0) is 17.5 Å². The Labute approximate surface area is 134 Å². The van der Waals surface area contributed by atoms with Crippen LogP contribution in [0.15, 0.2) is 29.3 Å². The van der Waals surface area contributed by atoms with Crippen LogP contribution in [0.25, 0.3) is 11.0 Å². The lowest BCUT2D eigenvalue weighted by atomic mass is 10.1. The number of fused-ring (bicyclic) bond motifs is 1. The van der Waals surface area contributed by atoms with Crippen LogP contribution in [0, 0.1) is 0 Å². The van der Waals surface area contributed by atoms with E-state index in [4.69, 9.17) is 0 Å². The van der Waals surface area contributed by atoms with Crippen molar-refractivity contribution in [1.29, 1.82) is 0 Å². The van der Waals surface area contributed by atoms with E-state index in [1.54, 1.807) is 17.1 Å². The van der Waals surface area contributed by atoms with Gasteiger partial charge in [0.15, 0.2) is 5.65 Å². The van der Waals surface area contributed by atoms with Crippen LogP contribution in [0.3, 0.4) is 0 Å². The third-order valence-electron chi connectivity index (χ3n) is 3.78. The van der Waals surface area contributed by atoms with Gasteiger partial charge in [0.05, 0.1) is 12.2 Å². The highest BCUT2D eigenvalue weighted by Gasteiger charge is 2.19. The van der Waals surface area contributed by atoms with E-state index in [0.29, 0.717) is 17.6 Å². The Kier molecular flexibility index (Phi) is 3.98. The highest BCUT2D eigenvalue weighted by atomic mass is 16.1. The van der Waals surface area contributed by atoms with Crippen molar-refractivity contribution in [2.45, 2.75) is 46.1 Å². The van der Waals surface area contributed by atoms with Crippen LogP contribution in [0.5, 0.6) is 0 Å². The lowest BCUT2D eigenvalue weighted by Crippen LogP contribution is -2.08. The molecule has 3 aromatic rings. The highest BCUT2D eigenvalue weighted by molar-refractivity contribution is 5.77. The molecule has 0 aliphatic heterocycles. The molecule has 3 heterocycles. The molecule has 0 bridgehead atoms. The number of H-pyrrole nitrogens is 1. The molecule has 0 unspecified atom stereocenters. The second-order valence-electron chi connectivity index (χ2n) is 6.36. The van der Waals surface area contributed by atoms with Crippen LogP contribution in [0.1, 0.15) is 56.6 Å². The van der Waals surface area contributed by atoms with Gasteiger partial charge in [0.1, 0.15) is 11.2 Å². The minimum atomic E-state index is -0.136. The first-order chi connectivity index (χ1) is 11.0. The summed E-state index contributed by atoms with van der Waals surface area (Å²) < 4.78 is 1.79. The van der Waals surface area contributed by atoms with Crippen LogP contribution in [0.2, 0.25) is 0 Å². The maximum atomic E-state index is 12.4. The smallest absolute Gasteiger partial charge is 0.267 e. The number of hydrogen-bond donors (Lipinski definition) is 1. The average molecular weight is 311 g/mol. The summed E-state index contributed by atoms with van der Waals surface area (Å²) in [6, 6.07) is 3.86. The quantitative estimate of drug-likeness (QED) is 0.804. The van der Waals surface area contributed by atoms with Crippen LogP contribution < -0.4 is 5.56 Å². The molecule has 0 fully saturated rings. The summed E-state index contributed by atoms with van der Waals surface area (Å²) in [5, 5.41) is 3.48. The van der Waals surface area contributed by atoms with Crippen LogP contribution in [-0.4, -0.2) is 24.7 Å². The van der Waals surface area contributed by atoms with Gasteiger partial charge < -0.3 is 0 Å². The molecule has 6 nitrogen and oxygen atoms in total. The summed E-state index contributed by atoms with van der Waals surface area (Å²) in [5.41, 5.74) is 2.35. The zero-order valence-electron chi connectivity index (χ0n) is 13.9. The number of aromatic nitrogens is 5. The number of nitrogens with one attached hydrogen (secondary N) is 1. The van der Waals surface area contributed by atoms with Crippen molar-refractivity contribution in [2.24, 2.45) is 0 Å². The third-order valence-corrected chi connectivity index (χ3v) is 3.78. The molecular weight excluding hydrogens is 290 g/mol. The van der Waals surface area contributed by atoms with Crippen molar-refractivity contribution >= 4 is 11.0 Å². The summed E-state index contributed by atoms with van der Waals surface area (Å²) in [5.74, 6) is 1.13. The van der Waals surface area contributed by atoms with Gasteiger partial charge in [0, 0.05) is 18.3 Å². The number of pyridine rings is 1. The van der Waals surface area contributed by atoms with Gasteiger partial charge in [-0.2, -0.15) is 0 Å². The van der Waals surface area contributed by atoms with Gasteiger partial charge in [-0.25, -0.2) is 9.97 Å². The summed E-state index contributed by atoms with van der Waals surface area (Å²) in [6.45, 7) is 8.73. The predicted octanol–water partition coefficient (Wildman–Crippen LogP) is 2.81. The van der Waals surface area contributed by atoms with Crippen molar-refractivity contribution < 1.29 is 0 Å². The maximum Gasteiger partial charge on any atom is 0.275 e. The predicted molar refractivity (Wildman–Crippen MR) is 89.7 cm³/mol. The van der Waals surface area contributed by atoms with E-state index in [1.165, 1.54) is 0 Å². The van der Waals surface area contributed by atoms with E-state index in [2.05, 4.69) is 33.9 Å². The lowest BCUT2D eigenvalue weighted by molar-refractivity contribution is 0.683. The minimum Gasteiger partial charge on any atom is -0.267 e. The molecule has 0 spiro atoms. The number of nitrogens with zero attached hydrogens (tertiary/aromatic N) is 4.